The first-order valence-corrected chi connectivity index (χ1v) is 18.1. The molecule has 1 fully saturated rings. The molecule has 1 saturated heterocycles. The molecule has 1 aliphatic heterocycles. The molecule has 0 aliphatic carbocycles. The van der Waals surface area contributed by atoms with Gasteiger partial charge in [-0.1, -0.05) is 67.6 Å². The number of anilines is 1. The largest absolute Gasteiger partial charge is 0.493 e. The van der Waals surface area contributed by atoms with E-state index >= 15 is 0 Å². The number of aliphatic carboxylic acids is 1. The Balaban J connectivity index is 0.00000114. The van der Waals surface area contributed by atoms with E-state index in [-0.39, 0.29) is 28.9 Å². The molecule has 4 rings (SSSR count). The molecule has 9 nitrogen and oxygen atoms in total. The molecule has 0 bridgehead atoms. The number of aryl methyl sites for hydroxylation is 1. The molecule has 2 heterocycles. The quantitative estimate of drug-likeness (QED) is 0.0815. The molecule has 0 amide bonds. The molecule has 0 saturated carbocycles. The maximum atomic E-state index is 13.2. The standard InChI is InChI=1S/C33H39FIN3O5.C4H10O.C2H6/c1-22-27(19-30(39)40)32(38-16-14-33(2,35)15-17-38)31(28(37-22)20-42-21-29(36-3)41-4)24-7-11-26(12-8-24)43-18-13-23-5-9-25(34)10-6-23;1-4(2,3)5;1-2/h5-12H,13-21H2,1-4H3,(H,39,40);5H,1-3H3;1-2H3. The minimum atomic E-state index is -0.898. The first-order valence-electron chi connectivity index (χ1n) is 17.1. The van der Waals surface area contributed by atoms with E-state index in [1.165, 1.54) is 12.1 Å². The van der Waals surface area contributed by atoms with Gasteiger partial charge in [-0.3, -0.25) is 14.8 Å². The van der Waals surface area contributed by atoms with E-state index in [1.807, 2.05) is 45.0 Å². The van der Waals surface area contributed by atoms with Crippen LogP contribution in [0.2, 0.25) is 0 Å². The highest BCUT2D eigenvalue weighted by Gasteiger charge is 2.31. The summed E-state index contributed by atoms with van der Waals surface area (Å²) >= 11 is 2.53. The van der Waals surface area contributed by atoms with Crippen LogP contribution >= 0.6 is 22.6 Å². The average Bonchev–Trinajstić information content (AvgIpc) is 3.05. The lowest BCUT2D eigenvalue weighted by molar-refractivity contribution is -0.136. The van der Waals surface area contributed by atoms with Crippen molar-refractivity contribution >= 4 is 40.1 Å². The van der Waals surface area contributed by atoms with E-state index in [4.69, 9.17) is 24.3 Å². The number of carbonyl (C=O) groups is 1. The summed E-state index contributed by atoms with van der Waals surface area (Å²) in [5.41, 5.74) is 5.29. The van der Waals surface area contributed by atoms with Gasteiger partial charge in [0.05, 0.1) is 43.7 Å². The third kappa shape index (κ3) is 14.5. The molecule has 3 aromatic rings. The van der Waals surface area contributed by atoms with Crippen LogP contribution in [0, 0.1) is 12.7 Å². The number of methoxy groups -OCH3 is 1. The monoisotopic (exact) mass is 807 g/mol. The Morgan fingerprint density at radius 2 is 1.66 bits per heavy atom. The second kappa shape index (κ2) is 20.5. The minimum Gasteiger partial charge on any atom is -0.493 e. The molecule has 11 heteroatoms. The fourth-order valence-electron chi connectivity index (χ4n) is 5.21. The highest BCUT2D eigenvalue weighted by atomic mass is 127. The first kappa shape index (κ1) is 42.9. The van der Waals surface area contributed by atoms with Crippen molar-refractivity contribution in [2.75, 3.05) is 45.4 Å². The number of carboxylic acids is 1. The number of nitrogens with zero attached hydrogens (tertiary/aromatic N) is 3. The molecule has 0 atom stereocenters. The Morgan fingerprint density at radius 1 is 1.08 bits per heavy atom. The van der Waals surface area contributed by atoms with E-state index in [0.717, 1.165) is 59.6 Å². The lowest BCUT2D eigenvalue weighted by Gasteiger charge is -2.39. The summed E-state index contributed by atoms with van der Waals surface area (Å²) < 4.78 is 30.7. The summed E-state index contributed by atoms with van der Waals surface area (Å²) in [6, 6.07) is 14.2. The average molecular weight is 808 g/mol. The molecular weight excluding hydrogens is 752 g/mol. The SMILES string of the molecule is CC.CC(C)(C)O.CN=C(COCc1nc(C)c(CC(=O)O)c(N2CCC(C)(I)CC2)c1-c1ccc(OCCc2ccc(F)cc2)cc1)OC. The van der Waals surface area contributed by atoms with Crippen molar-refractivity contribution in [3.05, 3.63) is 76.9 Å². The molecular formula is C39H55FIN3O6. The number of aromatic nitrogens is 1. The number of aliphatic imine (C=N–C) groups is 1. The molecule has 0 unspecified atom stereocenters. The zero-order valence-corrected chi connectivity index (χ0v) is 33.3. The van der Waals surface area contributed by atoms with Gasteiger partial charge < -0.3 is 29.3 Å². The van der Waals surface area contributed by atoms with Crippen molar-refractivity contribution in [1.29, 1.82) is 0 Å². The summed E-state index contributed by atoms with van der Waals surface area (Å²) in [4.78, 5) is 23.3. The van der Waals surface area contributed by atoms with Crippen LogP contribution in [0.15, 0.2) is 53.5 Å². The van der Waals surface area contributed by atoms with Crippen LogP contribution < -0.4 is 9.64 Å². The van der Waals surface area contributed by atoms with Crippen LogP contribution in [-0.4, -0.2) is 76.5 Å². The number of halogens is 2. The summed E-state index contributed by atoms with van der Waals surface area (Å²) in [6.07, 6.45) is 2.50. The second-order valence-corrected chi connectivity index (χ2v) is 15.7. The number of benzene rings is 2. The normalized spacial score (nSPS) is 14.2. The van der Waals surface area contributed by atoms with Crippen molar-refractivity contribution in [2.24, 2.45) is 4.99 Å². The van der Waals surface area contributed by atoms with Gasteiger partial charge in [-0.05, 0) is 75.9 Å². The van der Waals surface area contributed by atoms with Gasteiger partial charge in [0.15, 0.2) is 0 Å². The van der Waals surface area contributed by atoms with E-state index in [1.54, 1.807) is 47.1 Å². The lowest BCUT2D eigenvalue weighted by Crippen LogP contribution is -2.40. The summed E-state index contributed by atoms with van der Waals surface area (Å²) in [7, 11) is 3.20. The number of piperidine rings is 1. The maximum Gasteiger partial charge on any atom is 0.307 e. The highest BCUT2D eigenvalue weighted by Crippen LogP contribution is 2.42. The Bertz CT molecular complexity index is 1510. The first-order chi connectivity index (χ1) is 23.6. The van der Waals surface area contributed by atoms with E-state index < -0.39 is 11.6 Å². The van der Waals surface area contributed by atoms with Gasteiger partial charge in [0.1, 0.15) is 18.2 Å². The zero-order chi connectivity index (χ0) is 37.5. The molecule has 276 valence electrons. The molecule has 1 aliphatic rings. The van der Waals surface area contributed by atoms with Crippen LogP contribution in [0.5, 0.6) is 5.75 Å². The Morgan fingerprint density at radius 3 is 2.18 bits per heavy atom. The zero-order valence-electron chi connectivity index (χ0n) is 31.1. The van der Waals surface area contributed by atoms with Gasteiger partial charge in [-0.15, -0.1) is 0 Å². The number of rotatable bonds is 12. The lowest BCUT2D eigenvalue weighted by atomic mass is 9.92. The van der Waals surface area contributed by atoms with Crippen molar-refractivity contribution in [3.8, 4) is 16.9 Å². The number of pyridine rings is 1. The molecule has 2 aromatic carbocycles. The summed E-state index contributed by atoms with van der Waals surface area (Å²) in [5.74, 6) is 0.0247. The van der Waals surface area contributed by atoms with E-state index in [9.17, 15) is 14.3 Å². The van der Waals surface area contributed by atoms with E-state index in [2.05, 4.69) is 39.4 Å². The number of hydrogen-bond acceptors (Lipinski definition) is 8. The number of alkyl halides is 1. The minimum absolute atomic E-state index is 0.124. The van der Waals surface area contributed by atoms with Crippen LogP contribution in [-0.2, 0) is 33.7 Å². The smallest absolute Gasteiger partial charge is 0.307 e. The van der Waals surface area contributed by atoms with Gasteiger partial charge in [0.2, 0.25) is 5.90 Å². The van der Waals surface area contributed by atoms with Crippen molar-refractivity contribution in [3.63, 3.8) is 0 Å². The Kier molecular flexibility index (Phi) is 17.6. The molecule has 0 spiro atoms. The summed E-state index contributed by atoms with van der Waals surface area (Å²) in [6.45, 7) is 15.8. The third-order valence-electron chi connectivity index (χ3n) is 7.67. The van der Waals surface area contributed by atoms with Crippen molar-refractivity contribution < 1.29 is 33.6 Å². The third-order valence-corrected chi connectivity index (χ3v) is 8.74. The molecule has 1 aromatic heterocycles. The number of ether oxygens (including phenoxy) is 3. The molecule has 2 N–H and O–H groups in total. The second-order valence-electron chi connectivity index (χ2n) is 13.1. The predicted octanol–water partition coefficient (Wildman–Crippen LogP) is 8.23. The Labute approximate surface area is 311 Å². The fourth-order valence-corrected chi connectivity index (χ4v) is 5.69. The van der Waals surface area contributed by atoms with Gasteiger partial charge in [0.25, 0.3) is 0 Å². The van der Waals surface area contributed by atoms with Crippen molar-refractivity contribution in [1.82, 2.24) is 4.98 Å². The molecule has 0 radical (unpaired) electrons. The highest BCUT2D eigenvalue weighted by molar-refractivity contribution is 14.1. The van der Waals surface area contributed by atoms with E-state index in [0.29, 0.717) is 30.4 Å². The van der Waals surface area contributed by atoms with Crippen LogP contribution in [0.1, 0.15) is 76.9 Å². The topological polar surface area (TPSA) is 114 Å². The fraction of sp³-hybridized carbons (Fsp3) is 0.513. The van der Waals surface area contributed by atoms with Gasteiger partial charge in [0, 0.05) is 46.8 Å². The van der Waals surface area contributed by atoms with Crippen LogP contribution in [0.25, 0.3) is 11.1 Å². The number of hydrogen-bond donors (Lipinski definition) is 2. The predicted molar refractivity (Wildman–Crippen MR) is 209 cm³/mol. The van der Waals surface area contributed by atoms with Crippen LogP contribution in [0.4, 0.5) is 10.1 Å². The number of aliphatic hydroxyl groups is 1. The van der Waals surface area contributed by atoms with Gasteiger partial charge in [-0.2, -0.15) is 0 Å². The van der Waals surface area contributed by atoms with Gasteiger partial charge in [-0.25, -0.2) is 4.39 Å². The maximum absolute atomic E-state index is 13.2. The number of carboxylic acid groups (broad SMARTS) is 1. The van der Waals surface area contributed by atoms with Gasteiger partial charge >= 0.3 is 5.97 Å². The molecule has 50 heavy (non-hydrogen) atoms. The van der Waals surface area contributed by atoms with Crippen molar-refractivity contribution in [2.45, 2.75) is 89.8 Å². The summed E-state index contributed by atoms with van der Waals surface area (Å²) in [5, 5.41) is 18.4. The van der Waals surface area contributed by atoms with Crippen LogP contribution in [0.3, 0.4) is 0 Å². The Hall–Kier alpha value is -3.29.